The smallest absolute Gasteiger partial charge is 0.229 e. The molecule has 1 aliphatic rings. The van der Waals surface area contributed by atoms with Gasteiger partial charge in [0.15, 0.2) is 0 Å². The molecule has 8 nitrogen and oxygen atoms in total. The van der Waals surface area contributed by atoms with Crippen LogP contribution in [0.4, 0.5) is 17.5 Å². The molecular formula is C16H19BrN8. The average Bonchev–Trinajstić information content (AvgIpc) is 3.21. The van der Waals surface area contributed by atoms with Crippen molar-refractivity contribution in [1.29, 1.82) is 0 Å². The maximum absolute atomic E-state index is 4.55. The van der Waals surface area contributed by atoms with Gasteiger partial charge in [-0.15, -0.1) is 0 Å². The minimum atomic E-state index is 0.406. The normalized spacial score (nSPS) is 19.5. The lowest BCUT2D eigenvalue weighted by Gasteiger charge is -2.36. The summed E-state index contributed by atoms with van der Waals surface area (Å²) in [6.07, 6.45) is 9.49. The predicted molar refractivity (Wildman–Crippen MR) is 99.1 cm³/mol. The Hall–Kier alpha value is -2.42. The Kier molecular flexibility index (Phi) is 4.16. The van der Waals surface area contributed by atoms with E-state index in [1.54, 1.807) is 6.20 Å². The largest absolute Gasteiger partial charge is 0.372 e. The molecule has 3 heterocycles. The second-order valence-corrected chi connectivity index (χ2v) is 6.97. The first-order chi connectivity index (χ1) is 12.2. The first-order valence-corrected chi connectivity index (χ1v) is 8.95. The Balaban J connectivity index is 1.47. The molecule has 0 saturated heterocycles. The lowest BCUT2D eigenvalue weighted by atomic mass is 9.87. The van der Waals surface area contributed by atoms with Crippen LogP contribution in [0.25, 0.3) is 0 Å². The highest BCUT2D eigenvalue weighted by molar-refractivity contribution is 9.10. The van der Waals surface area contributed by atoms with E-state index in [0.717, 1.165) is 34.5 Å². The van der Waals surface area contributed by atoms with E-state index in [9.17, 15) is 0 Å². The molecule has 3 aromatic rings. The molecule has 1 fully saturated rings. The Bertz CT molecular complexity index is 866. The highest BCUT2D eigenvalue weighted by atomic mass is 79.9. The van der Waals surface area contributed by atoms with Gasteiger partial charge in [-0.1, -0.05) is 0 Å². The summed E-state index contributed by atoms with van der Waals surface area (Å²) in [5.74, 6) is 1.28. The highest BCUT2D eigenvalue weighted by Crippen LogP contribution is 2.41. The van der Waals surface area contributed by atoms with Crippen molar-refractivity contribution in [1.82, 2.24) is 29.5 Å². The maximum atomic E-state index is 4.55. The van der Waals surface area contributed by atoms with Gasteiger partial charge >= 0.3 is 0 Å². The van der Waals surface area contributed by atoms with E-state index in [2.05, 4.69) is 58.3 Å². The van der Waals surface area contributed by atoms with E-state index in [1.165, 1.54) is 0 Å². The fourth-order valence-corrected chi connectivity index (χ4v) is 3.50. The number of nitrogens with one attached hydrogen (secondary N) is 2. The van der Waals surface area contributed by atoms with E-state index in [1.807, 2.05) is 36.4 Å². The van der Waals surface area contributed by atoms with Gasteiger partial charge in [-0.2, -0.15) is 15.2 Å². The van der Waals surface area contributed by atoms with Gasteiger partial charge in [0, 0.05) is 25.6 Å². The third-order valence-corrected chi connectivity index (χ3v) is 5.19. The molecule has 0 bridgehead atoms. The lowest BCUT2D eigenvalue weighted by molar-refractivity contribution is 0.173. The lowest BCUT2D eigenvalue weighted by Crippen LogP contribution is -2.30. The number of nitrogens with zero attached hydrogens (tertiary/aromatic N) is 6. The fourth-order valence-electron chi connectivity index (χ4n) is 3.11. The monoisotopic (exact) mass is 402 g/mol. The molecule has 25 heavy (non-hydrogen) atoms. The summed E-state index contributed by atoms with van der Waals surface area (Å²) >= 11 is 3.41. The number of anilines is 3. The molecule has 9 heteroatoms. The summed E-state index contributed by atoms with van der Waals surface area (Å²) in [6, 6.07) is 2.84. The van der Waals surface area contributed by atoms with Crippen molar-refractivity contribution in [2.45, 2.75) is 31.8 Å². The molecular weight excluding hydrogens is 384 g/mol. The van der Waals surface area contributed by atoms with E-state index in [-0.39, 0.29) is 0 Å². The summed E-state index contributed by atoms with van der Waals surface area (Å²) in [4.78, 5) is 8.73. The summed E-state index contributed by atoms with van der Waals surface area (Å²) in [5, 5.41) is 15.2. The quantitative estimate of drug-likeness (QED) is 0.680. The van der Waals surface area contributed by atoms with Crippen LogP contribution in [-0.4, -0.2) is 36.6 Å². The van der Waals surface area contributed by atoms with Crippen LogP contribution in [0, 0.1) is 6.92 Å². The van der Waals surface area contributed by atoms with Crippen molar-refractivity contribution in [2.24, 2.45) is 0 Å². The van der Waals surface area contributed by atoms with Crippen LogP contribution in [0.5, 0.6) is 0 Å². The van der Waals surface area contributed by atoms with E-state index in [0.29, 0.717) is 18.0 Å². The van der Waals surface area contributed by atoms with Gasteiger partial charge < -0.3 is 10.6 Å². The predicted octanol–water partition coefficient (Wildman–Crippen LogP) is 3.30. The Morgan fingerprint density at radius 3 is 2.76 bits per heavy atom. The first-order valence-electron chi connectivity index (χ1n) is 8.16. The van der Waals surface area contributed by atoms with Gasteiger partial charge in [-0.05, 0) is 41.8 Å². The third-order valence-electron chi connectivity index (χ3n) is 4.61. The van der Waals surface area contributed by atoms with Crippen LogP contribution in [0.2, 0.25) is 0 Å². The van der Waals surface area contributed by atoms with Gasteiger partial charge in [0.1, 0.15) is 5.82 Å². The molecule has 2 N–H and O–H groups in total. The Labute approximate surface area is 153 Å². The second-order valence-electron chi connectivity index (χ2n) is 6.12. The van der Waals surface area contributed by atoms with Gasteiger partial charge in [0.2, 0.25) is 5.95 Å². The van der Waals surface area contributed by atoms with Gasteiger partial charge in [0.25, 0.3) is 0 Å². The Morgan fingerprint density at radius 1 is 1.20 bits per heavy atom. The summed E-state index contributed by atoms with van der Waals surface area (Å²) < 4.78 is 4.94. The number of hydrogen-bond donors (Lipinski definition) is 2. The maximum Gasteiger partial charge on any atom is 0.229 e. The molecule has 0 radical (unpaired) electrons. The van der Waals surface area contributed by atoms with Crippen molar-refractivity contribution >= 4 is 33.4 Å². The molecule has 1 aliphatic carbocycles. The van der Waals surface area contributed by atoms with Crippen molar-refractivity contribution < 1.29 is 0 Å². The molecule has 3 aromatic heterocycles. The summed E-state index contributed by atoms with van der Waals surface area (Å²) in [6.45, 7) is 2.06. The van der Waals surface area contributed by atoms with Crippen LogP contribution in [-0.2, 0) is 0 Å². The van der Waals surface area contributed by atoms with Crippen LogP contribution >= 0.6 is 15.9 Å². The molecule has 0 spiro atoms. The molecule has 0 atom stereocenters. The number of rotatable bonds is 5. The van der Waals surface area contributed by atoms with Crippen molar-refractivity contribution in [3.63, 3.8) is 0 Å². The standard InChI is InChI=1S/C16H19BrN8/c1-10-14(22-16-19-8-13(17)15(18-2)23-16)9-21-25(10)12-6-11(7-12)24-5-3-4-20-24/h3-5,8-9,11-12H,6-7H2,1-2H3,(H2,18,19,22,23). The number of hydrogen-bond acceptors (Lipinski definition) is 6. The van der Waals surface area contributed by atoms with Crippen LogP contribution in [0.3, 0.4) is 0 Å². The van der Waals surface area contributed by atoms with Crippen molar-refractivity contribution in [2.75, 3.05) is 17.7 Å². The minimum Gasteiger partial charge on any atom is -0.372 e. The fraction of sp³-hybridized carbons (Fsp3) is 0.375. The van der Waals surface area contributed by atoms with Crippen LogP contribution in [0.15, 0.2) is 35.3 Å². The van der Waals surface area contributed by atoms with E-state index < -0.39 is 0 Å². The third kappa shape index (κ3) is 2.99. The molecule has 0 aromatic carbocycles. The van der Waals surface area contributed by atoms with Gasteiger partial charge in [-0.3, -0.25) is 9.36 Å². The first kappa shape index (κ1) is 16.1. The number of aromatic nitrogens is 6. The topological polar surface area (TPSA) is 85.5 Å². The molecule has 0 unspecified atom stereocenters. The van der Waals surface area contributed by atoms with Crippen molar-refractivity contribution in [3.05, 3.63) is 41.0 Å². The van der Waals surface area contributed by atoms with Crippen LogP contribution in [0.1, 0.15) is 30.6 Å². The zero-order valence-electron chi connectivity index (χ0n) is 14.0. The molecule has 0 amide bonds. The zero-order chi connectivity index (χ0) is 17.4. The Morgan fingerprint density at radius 2 is 2.04 bits per heavy atom. The SMILES string of the molecule is CNc1nc(Nc2cnn(C3CC(n4cccn4)C3)c2C)ncc1Br. The second kappa shape index (κ2) is 6.47. The minimum absolute atomic E-state index is 0.406. The molecule has 4 rings (SSSR count). The summed E-state index contributed by atoms with van der Waals surface area (Å²) in [7, 11) is 1.83. The number of halogens is 1. The molecule has 1 saturated carbocycles. The van der Waals surface area contributed by atoms with E-state index >= 15 is 0 Å². The molecule has 0 aliphatic heterocycles. The molecule has 130 valence electrons. The van der Waals surface area contributed by atoms with E-state index in [4.69, 9.17) is 0 Å². The van der Waals surface area contributed by atoms with Gasteiger partial charge in [0.05, 0.1) is 34.1 Å². The zero-order valence-corrected chi connectivity index (χ0v) is 15.6. The van der Waals surface area contributed by atoms with Crippen molar-refractivity contribution in [3.8, 4) is 0 Å². The average molecular weight is 403 g/mol. The van der Waals surface area contributed by atoms with Crippen LogP contribution < -0.4 is 10.6 Å². The highest BCUT2D eigenvalue weighted by Gasteiger charge is 2.33. The van der Waals surface area contributed by atoms with Gasteiger partial charge in [-0.25, -0.2) is 4.98 Å². The summed E-state index contributed by atoms with van der Waals surface area (Å²) in [5.41, 5.74) is 2.01.